The van der Waals surface area contributed by atoms with E-state index in [0.29, 0.717) is 16.3 Å². The average Bonchev–Trinajstić information content (AvgIpc) is 2.41. The zero-order valence-electron chi connectivity index (χ0n) is 11.3. The van der Waals surface area contributed by atoms with Gasteiger partial charge in [-0.3, -0.25) is 4.79 Å². The van der Waals surface area contributed by atoms with E-state index in [-0.39, 0.29) is 11.7 Å². The third-order valence-corrected chi connectivity index (χ3v) is 4.65. The van der Waals surface area contributed by atoms with Gasteiger partial charge in [-0.15, -0.1) is 0 Å². The predicted molar refractivity (Wildman–Crippen MR) is 78.2 cm³/mol. The van der Waals surface area contributed by atoms with Crippen LogP contribution in [0.4, 0.5) is 4.39 Å². The number of piperidine rings is 1. The lowest BCUT2D eigenvalue weighted by molar-refractivity contribution is 0.0690. The Kier molecular flexibility index (Phi) is 4.61. The Labute approximate surface area is 122 Å². The highest BCUT2D eigenvalue weighted by Crippen LogP contribution is 2.26. The molecule has 0 aliphatic carbocycles. The highest BCUT2D eigenvalue weighted by Gasteiger charge is 2.26. The zero-order valence-corrected chi connectivity index (χ0v) is 12.9. The van der Waals surface area contributed by atoms with Gasteiger partial charge < -0.3 is 4.90 Å². The largest absolute Gasteiger partial charge is 0.339 e. The van der Waals surface area contributed by atoms with Crippen LogP contribution in [0.25, 0.3) is 0 Å². The summed E-state index contributed by atoms with van der Waals surface area (Å²) in [6.45, 7) is 5.52. The van der Waals surface area contributed by atoms with Gasteiger partial charge in [-0.25, -0.2) is 4.39 Å². The molecule has 1 saturated heterocycles. The van der Waals surface area contributed by atoms with Gasteiger partial charge in [-0.05, 0) is 43.4 Å². The second kappa shape index (κ2) is 6.04. The Morgan fingerprint density at radius 2 is 2.05 bits per heavy atom. The molecule has 0 aromatic heterocycles. The van der Waals surface area contributed by atoms with Crippen molar-refractivity contribution < 1.29 is 9.18 Å². The van der Waals surface area contributed by atoms with Crippen molar-refractivity contribution >= 4 is 21.8 Å². The van der Waals surface area contributed by atoms with E-state index < -0.39 is 0 Å². The van der Waals surface area contributed by atoms with Crippen molar-refractivity contribution in [3.05, 3.63) is 35.1 Å². The SMILES string of the molecule is Cc1ccc(F)cc1C(=O)N1CCC(C(C)Br)CC1. The molecule has 1 aromatic carbocycles. The summed E-state index contributed by atoms with van der Waals surface area (Å²) in [4.78, 5) is 14.7. The van der Waals surface area contributed by atoms with Crippen LogP contribution in [-0.2, 0) is 0 Å². The van der Waals surface area contributed by atoms with E-state index >= 15 is 0 Å². The van der Waals surface area contributed by atoms with Crippen LogP contribution in [0.3, 0.4) is 0 Å². The van der Waals surface area contributed by atoms with Crippen LogP contribution in [0.1, 0.15) is 35.7 Å². The summed E-state index contributed by atoms with van der Waals surface area (Å²) in [6.07, 6.45) is 2.01. The minimum atomic E-state index is -0.349. The van der Waals surface area contributed by atoms with Crippen LogP contribution in [0.2, 0.25) is 0 Å². The van der Waals surface area contributed by atoms with Gasteiger partial charge in [-0.2, -0.15) is 0 Å². The number of carbonyl (C=O) groups excluding carboxylic acids is 1. The molecule has 1 heterocycles. The number of nitrogens with zero attached hydrogens (tertiary/aromatic N) is 1. The first-order chi connectivity index (χ1) is 8.99. The maximum absolute atomic E-state index is 13.3. The van der Waals surface area contributed by atoms with Crippen LogP contribution in [0.15, 0.2) is 18.2 Å². The summed E-state index contributed by atoms with van der Waals surface area (Å²) < 4.78 is 13.3. The quantitative estimate of drug-likeness (QED) is 0.757. The van der Waals surface area contributed by atoms with E-state index in [9.17, 15) is 9.18 Å². The monoisotopic (exact) mass is 327 g/mol. The lowest BCUT2D eigenvalue weighted by Gasteiger charge is -2.33. The highest BCUT2D eigenvalue weighted by atomic mass is 79.9. The molecule has 0 bridgehead atoms. The van der Waals surface area contributed by atoms with Gasteiger partial charge >= 0.3 is 0 Å². The van der Waals surface area contributed by atoms with Gasteiger partial charge in [0.25, 0.3) is 5.91 Å². The molecule has 1 aliphatic heterocycles. The summed E-state index contributed by atoms with van der Waals surface area (Å²) in [5, 5.41) is 0. The molecule has 0 spiro atoms. The van der Waals surface area contributed by atoms with E-state index in [1.165, 1.54) is 12.1 Å². The Bertz CT molecular complexity index is 467. The molecule has 0 N–H and O–H groups in total. The smallest absolute Gasteiger partial charge is 0.254 e. The van der Waals surface area contributed by atoms with Crippen LogP contribution in [0, 0.1) is 18.7 Å². The van der Waals surface area contributed by atoms with Crippen molar-refractivity contribution in [2.75, 3.05) is 13.1 Å². The second-order valence-electron chi connectivity index (χ2n) is 5.27. The highest BCUT2D eigenvalue weighted by molar-refractivity contribution is 9.09. The first kappa shape index (κ1) is 14.5. The summed E-state index contributed by atoms with van der Waals surface area (Å²) >= 11 is 3.61. The van der Waals surface area contributed by atoms with Gasteiger partial charge in [0, 0.05) is 23.5 Å². The van der Waals surface area contributed by atoms with Crippen molar-refractivity contribution in [3.63, 3.8) is 0 Å². The maximum atomic E-state index is 13.3. The molecular formula is C15H19BrFNO. The van der Waals surface area contributed by atoms with Crippen molar-refractivity contribution in [1.82, 2.24) is 4.90 Å². The summed E-state index contributed by atoms with van der Waals surface area (Å²) in [5.74, 6) is 0.230. The third-order valence-electron chi connectivity index (χ3n) is 3.91. The Morgan fingerprint density at radius 3 is 2.63 bits per heavy atom. The minimum Gasteiger partial charge on any atom is -0.339 e. The topological polar surface area (TPSA) is 20.3 Å². The molecule has 104 valence electrons. The molecule has 1 amide bonds. The lowest BCUT2D eigenvalue weighted by Crippen LogP contribution is -2.40. The van der Waals surface area contributed by atoms with E-state index in [1.54, 1.807) is 6.07 Å². The number of hydrogen-bond donors (Lipinski definition) is 0. The number of hydrogen-bond acceptors (Lipinski definition) is 1. The normalized spacial score (nSPS) is 18.4. The standard InChI is InChI=1S/C15H19BrFNO/c1-10-3-4-13(17)9-14(10)15(19)18-7-5-12(6-8-18)11(2)16/h3-4,9,11-12H,5-8H2,1-2H3. The number of rotatable bonds is 2. The number of benzene rings is 1. The summed E-state index contributed by atoms with van der Waals surface area (Å²) in [5.41, 5.74) is 1.33. The molecule has 1 fully saturated rings. The number of amides is 1. The van der Waals surface area contributed by atoms with Crippen molar-refractivity contribution in [1.29, 1.82) is 0 Å². The minimum absolute atomic E-state index is 0.0438. The molecule has 2 nitrogen and oxygen atoms in total. The van der Waals surface area contributed by atoms with Gasteiger partial charge in [0.05, 0.1) is 0 Å². The van der Waals surface area contributed by atoms with Gasteiger partial charge in [0.2, 0.25) is 0 Å². The fraction of sp³-hybridized carbons (Fsp3) is 0.533. The van der Waals surface area contributed by atoms with Crippen LogP contribution >= 0.6 is 15.9 Å². The molecule has 2 rings (SSSR count). The van der Waals surface area contributed by atoms with Crippen molar-refractivity contribution in [2.24, 2.45) is 5.92 Å². The Balaban J connectivity index is 2.07. The summed E-state index contributed by atoms with van der Waals surface area (Å²) in [6, 6.07) is 4.40. The van der Waals surface area contributed by atoms with E-state index in [2.05, 4.69) is 22.9 Å². The lowest BCUT2D eigenvalue weighted by atomic mass is 9.93. The molecule has 0 saturated carbocycles. The molecule has 1 aliphatic rings. The van der Waals surface area contributed by atoms with Crippen molar-refractivity contribution in [2.45, 2.75) is 31.5 Å². The van der Waals surface area contributed by atoms with Crippen LogP contribution < -0.4 is 0 Å². The van der Waals surface area contributed by atoms with Crippen molar-refractivity contribution in [3.8, 4) is 0 Å². The predicted octanol–water partition coefficient (Wildman–Crippen LogP) is 3.77. The number of halogens is 2. The maximum Gasteiger partial charge on any atom is 0.254 e. The van der Waals surface area contributed by atoms with Crippen LogP contribution in [-0.4, -0.2) is 28.7 Å². The van der Waals surface area contributed by atoms with Gasteiger partial charge in [0.1, 0.15) is 5.82 Å². The molecule has 19 heavy (non-hydrogen) atoms. The molecule has 0 radical (unpaired) electrons. The van der Waals surface area contributed by atoms with E-state index in [4.69, 9.17) is 0 Å². The third kappa shape index (κ3) is 3.35. The molecular weight excluding hydrogens is 309 g/mol. The van der Waals surface area contributed by atoms with Crippen LogP contribution in [0.5, 0.6) is 0 Å². The number of aryl methyl sites for hydroxylation is 1. The first-order valence-corrected chi connectivity index (χ1v) is 7.60. The fourth-order valence-electron chi connectivity index (χ4n) is 2.56. The molecule has 1 atom stereocenters. The number of carbonyl (C=O) groups is 1. The van der Waals surface area contributed by atoms with E-state index in [0.717, 1.165) is 31.5 Å². The van der Waals surface area contributed by atoms with Gasteiger partial charge in [0.15, 0.2) is 0 Å². The summed E-state index contributed by atoms with van der Waals surface area (Å²) in [7, 11) is 0. The number of alkyl halides is 1. The van der Waals surface area contributed by atoms with Gasteiger partial charge in [-0.1, -0.05) is 28.9 Å². The average molecular weight is 328 g/mol. The molecule has 4 heteroatoms. The number of likely N-dealkylation sites (tertiary alicyclic amines) is 1. The second-order valence-corrected chi connectivity index (χ2v) is 6.71. The molecule has 1 unspecified atom stereocenters. The Hall–Kier alpha value is -0.900. The first-order valence-electron chi connectivity index (χ1n) is 6.68. The Morgan fingerprint density at radius 1 is 1.42 bits per heavy atom. The zero-order chi connectivity index (χ0) is 14.0. The van der Waals surface area contributed by atoms with E-state index in [1.807, 2.05) is 11.8 Å². The fourth-order valence-corrected chi connectivity index (χ4v) is 3.09. The molecule has 1 aromatic rings.